The van der Waals surface area contributed by atoms with Gasteiger partial charge >= 0.3 is 0 Å². The van der Waals surface area contributed by atoms with Crippen LogP contribution in [0, 0.1) is 17.2 Å². The van der Waals surface area contributed by atoms with Crippen LogP contribution in [0.5, 0.6) is 0 Å². The zero-order valence-electron chi connectivity index (χ0n) is 11.2. The number of hydrogen-bond acceptors (Lipinski definition) is 3. The van der Waals surface area contributed by atoms with E-state index in [2.05, 4.69) is 6.07 Å². The number of carbonyl (C=O) groups excluding carboxylic acids is 1. The lowest BCUT2D eigenvalue weighted by molar-refractivity contribution is -0.134. The van der Waals surface area contributed by atoms with Crippen molar-refractivity contribution >= 4 is 5.91 Å². The largest absolute Gasteiger partial charge is 0.341 e. The fraction of sp³-hybridized carbons (Fsp3) is 0.467. The van der Waals surface area contributed by atoms with Crippen molar-refractivity contribution in [2.24, 2.45) is 11.7 Å². The highest BCUT2D eigenvalue weighted by Crippen LogP contribution is 2.26. The van der Waals surface area contributed by atoms with Crippen LogP contribution in [0.25, 0.3) is 0 Å². The van der Waals surface area contributed by atoms with Crippen LogP contribution in [0.3, 0.4) is 0 Å². The predicted molar refractivity (Wildman–Crippen MR) is 72.9 cm³/mol. The minimum Gasteiger partial charge on any atom is -0.341 e. The zero-order valence-corrected chi connectivity index (χ0v) is 11.2. The Morgan fingerprint density at radius 3 is 2.63 bits per heavy atom. The molecule has 0 saturated heterocycles. The molecule has 2 rings (SSSR count). The summed E-state index contributed by atoms with van der Waals surface area (Å²) in [6, 6.07) is 9.60. The Labute approximate surface area is 113 Å². The summed E-state index contributed by atoms with van der Waals surface area (Å²) in [7, 11) is 1.82. The normalized spacial score (nSPS) is 21.9. The minimum absolute atomic E-state index is 0.0818. The molecular formula is C15H19N3O. The van der Waals surface area contributed by atoms with Crippen LogP contribution in [0.2, 0.25) is 0 Å². The molecule has 0 bridgehead atoms. The minimum atomic E-state index is 0.0818. The SMILES string of the molecule is CN(Cc1ccc(C#N)cc1)C(=O)C1CCC(N)C1. The third-order valence-electron chi connectivity index (χ3n) is 3.70. The van der Waals surface area contributed by atoms with E-state index in [4.69, 9.17) is 11.0 Å². The van der Waals surface area contributed by atoms with Gasteiger partial charge in [0.2, 0.25) is 5.91 Å². The molecule has 1 aromatic carbocycles. The van der Waals surface area contributed by atoms with Gasteiger partial charge in [0.05, 0.1) is 11.6 Å². The van der Waals surface area contributed by atoms with Crippen LogP contribution in [0.15, 0.2) is 24.3 Å². The first kappa shape index (κ1) is 13.6. The molecule has 4 nitrogen and oxygen atoms in total. The molecule has 0 radical (unpaired) electrons. The molecule has 1 aliphatic carbocycles. The van der Waals surface area contributed by atoms with Gasteiger partial charge in [-0.3, -0.25) is 4.79 Å². The molecule has 0 aromatic heterocycles. The molecule has 1 saturated carbocycles. The molecule has 2 atom stereocenters. The van der Waals surface area contributed by atoms with Gasteiger partial charge in [0.25, 0.3) is 0 Å². The molecule has 1 aliphatic rings. The molecule has 0 heterocycles. The summed E-state index contributed by atoms with van der Waals surface area (Å²) >= 11 is 0. The lowest BCUT2D eigenvalue weighted by Gasteiger charge is -2.21. The first-order chi connectivity index (χ1) is 9.10. The van der Waals surface area contributed by atoms with Crippen molar-refractivity contribution < 1.29 is 4.79 Å². The number of carbonyl (C=O) groups is 1. The summed E-state index contributed by atoms with van der Waals surface area (Å²) in [5.74, 6) is 0.260. The number of nitrogens with two attached hydrogens (primary N) is 1. The Balaban J connectivity index is 1.94. The Bertz CT molecular complexity index is 489. The number of nitrogens with zero attached hydrogens (tertiary/aromatic N) is 2. The lowest BCUT2D eigenvalue weighted by Crippen LogP contribution is -2.32. The summed E-state index contributed by atoms with van der Waals surface area (Å²) in [6.07, 6.45) is 2.65. The van der Waals surface area contributed by atoms with Crippen LogP contribution >= 0.6 is 0 Å². The van der Waals surface area contributed by atoms with E-state index in [9.17, 15) is 4.79 Å². The highest BCUT2D eigenvalue weighted by Gasteiger charge is 2.29. The van der Waals surface area contributed by atoms with Crippen molar-refractivity contribution in [1.29, 1.82) is 5.26 Å². The molecule has 100 valence electrons. The maximum Gasteiger partial charge on any atom is 0.225 e. The fourth-order valence-electron chi connectivity index (χ4n) is 2.59. The van der Waals surface area contributed by atoms with Crippen LogP contribution < -0.4 is 5.73 Å². The lowest BCUT2D eigenvalue weighted by atomic mass is 10.1. The fourth-order valence-corrected chi connectivity index (χ4v) is 2.59. The summed E-state index contributed by atoms with van der Waals surface area (Å²) in [4.78, 5) is 14.0. The van der Waals surface area contributed by atoms with E-state index in [1.165, 1.54) is 0 Å². The van der Waals surface area contributed by atoms with E-state index < -0.39 is 0 Å². The molecule has 2 unspecified atom stereocenters. The molecule has 1 amide bonds. The Kier molecular flexibility index (Phi) is 4.18. The predicted octanol–water partition coefficient (Wildman–Crippen LogP) is 1.64. The topological polar surface area (TPSA) is 70.1 Å². The summed E-state index contributed by atoms with van der Waals surface area (Å²) < 4.78 is 0. The van der Waals surface area contributed by atoms with Crippen molar-refractivity contribution in [1.82, 2.24) is 4.90 Å². The Morgan fingerprint density at radius 1 is 1.42 bits per heavy atom. The van der Waals surface area contributed by atoms with Crippen LogP contribution in [-0.4, -0.2) is 23.9 Å². The van der Waals surface area contributed by atoms with Gasteiger partial charge in [0.1, 0.15) is 0 Å². The second-order valence-corrected chi connectivity index (χ2v) is 5.27. The first-order valence-electron chi connectivity index (χ1n) is 6.59. The number of benzene rings is 1. The van der Waals surface area contributed by atoms with Crippen molar-refractivity contribution in [3.05, 3.63) is 35.4 Å². The monoisotopic (exact) mass is 257 g/mol. The van der Waals surface area contributed by atoms with E-state index in [1.54, 1.807) is 17.0 Å². The maximum absolute atomic E-state index is 12.2. The average molecular weight is 257 g/mol. The molecule has 2 N–H and O–H groups in total. The standard InChI is InChI=1S/C15H19N3O/c1-18(15(19)13-6-7-14(17)8-13)10-12-4-2-11(9-16)3-5-12/h2-5,13-14H,6-8,10,17H2,1H3. The number of rotatable bonds is 3. The summed E-state index contributed by atoms with van der Waals surface area (Å²) in [6.45, 7) is 0.580. The maximum atomic E-state index is 12.2. The van der Waals surface area contributed by atoms with Gasteiger partial charge in [-0.2, -0.15) is 5.26 Å². The van der Waals surface area contributed by atoms with Gasteiger partial charge in [-0.25, -0.2) is 0 Å². The van der Waals surface area contributed by atoms with Crippen molar-refractivity contribution in [2.75, 3.05) is 7.05 Å². The summed E-state index contributed by atoms with van der Waals surface area (Å²) in [5, 5.41) is 8.74. The number of amides is 1. The smallest absolute Gasteiger partial charge is 0.225 e. The van der Waals surface area contributed by atoms with Crippen LogP contribution in [0.4, 0.5) is 0 Å². The second kappa shape index (κ2) is 5.85. The third kappa shape index (κ3) is 3.33. The van der Waals surface area contributed by atoms with E-state index in [0.717, 1.165) is 24.8 Å². The number of hydrogen-bond donors (Lipinski definition) is 1. The molecule has 1 aromatic rings. The summed E-state index contributed by atoms with van der Waals surface area (Å²) in [5.41, 5.74) is 7.52. The van der Waals surface area contributed by atoms with Crippen LogP contribution in [0.1, 0.15) is 30.4 Å². The molecule has 0 spiro atoms. The van der Waals surface area contributed by atoms with Crippen molar-refractivity contribution in [2.45, 2.75) is 31.8 Å². The van der Waals surface area contributed by atoms with Gasteiger partial charge in [0, 0.05) is 25.6 Å². The van der Waals surface area contributed by atoms with Gasteiger partial charge in [-0.15, -0.1) is 0 Å². The second-order valence-electron chi connectivity index (χ2n) is 5.27. The van der Waals surface area contributed by atoms with Gasteiger partial charge in [-0.1, -0.05) is 12.1 Å². The number of nitriles is 1. The molecule has 19 heavy (non-hydrogen) atoms. The van der Waals surface area contributed by atoms with Gasteiger partial charge in [0.15, 0.2) is 0 Å². The van der Waals surface area contributed by atoms with Gasteiger partial charge in [-0.05, 0) is 37.0 Å². The quantitative estimate of drug-likeness (QED) is 0.895. The molecular weight excluding hydrogens is 238 g/mol. The van der Waals surface area contributed by atoms with Crippen molar-refractivity contribution in [3.8, 4) is 6.07 Å². The Morgan fingerprint density at radius 2 is 2.11 bits per heavy atom. The van der Waals surface area contributed by atoms with E-state index in [0.29, 0.717) is 12.1 Å². The van der Waals surface area contributed by atoms with Crippen molar-refractivity contribution in [3.63, 3.8) is 0 Å². The average Bonchev–Trinajstić information content (AvgIpc) is 2.85. The highest BCUT2D eigenvalue weighted by atomic mass is 16.2. The highest BCUT2D eigenvalue weighted by molar-refractivity contribution is 5.79. The molecule has 1 fully saturated rings. The zero-order chi connectivity index (χ0) is 13.8. The van der Waals surface area contributed by atoms with E-state index >= 15 is 0 Å². The van der Waals surface area contributed by atoms with Crippen LogP contribution in [-0.2, 0) is 11.3 Å². The molecule has 0 aliphatic heterocycles. The molecule has 4 heteroatoms. The third-order valence-corrected chi connectivity index (χ3v) is 3.70. The Hall–Kier alpha value is -1.86. The van der Waals surface area contributed by atoms with E-state index in [-0.39, 0.29) is 17.9 Å². The first-order valence-corrected chi connectivity index (χ1v) is 6.59. The van der Waals surface area contributed by atoms with E-state index in [1.807, 2.05) is 19.2 Å². The van der Waals surface area contributed by atoms with Gasteiger partial charge < -0.3 is 10.6 Å².